The van der Waals surface area contributed by atoms with Crippen molar-refractivity contribution in [1.29, 1.82) is 0 Å². The fraction of sp³-hybridized carbons (Fsp3) is 0.357. The number of primary amides is 1. The van der Waals surface area contributed by atoms with Crippen LogP contribution in [0, 0.1) is 0 Å². The number of rotatable bonds is 2. The number of hydrogen-bond donors (Lipinski definition) is 3. The number of fused-ring (bicyclic) bond motifs is 1. The largest absolute Gasteiger partial charge is 0.454 e. The first kappa shape index (κ1) is 13.0. The van der Waals surface area contributed by atoms with Crippen LogP contribution in [-0.4, -0.2) is 35.1 Å². The Labute approximate surface area is 115 Å². The third kappa shape index (κ3) is 2.13. The van der Waals surface area contributed by atoms with E-state index >= 15 is 0 Å². The minimum absolute atomic E-state index is 0.109. The molecule has 0 aromatic heterocycles. The molecule has 0 radical (unpaired) electrons. The second-order valence-electron chi connectivity index (χ2n) is 4.92. The molecule has 106 valence electrons. The van der Waals surface area contributed by atoms with Crippen molar-refractivity contribution >= 4 is 11.5 Å². The monoisotopic (exact) mass is 277 g/mol. The normalized spacial score (nSPS) is 24.4. The summed E-state index contributed by atoms with van der Waals surface area (Å²) < 4.78 is 10.5. The minimum atomic E-state index is -0.846. The summed E-state index contributed by atoms with van der Waals surface area (Å²) in [5.74, 6) is 0.464. The van der Waals surface area contributed by atoms with Gasteiger partial charge in [-0.05, 0) is 29.7 Å². The third-order valence-electron chi connectivity index (χ3n) is 3.60. The van der Waals surface area contributed by atoms with Gasteiger partial charge in [-0.15, -0.1) is 0 Å². The van der Waals surface area contributed by atoms with Gasteiger partial charge in [0.25, 0.3) is 0 Å². The Morgan fingerprint density at radius 2 is 1.90 bits per heavy atom. The molecule has 6 heteroatoms. The van der Waals surface area contributed by atoms with Gasteiger partial charge in [-0.1, -0.05) is 6.08 Å². The Morgan fingerprint density at radius 3 is 2.55 bits per heavy atom. The van der Waals surface area contributed by atoms with E-state index in [1.807, 2.05) is 0 Å². The lowest BCUT2D eigenvalue weighted by molar-refractivity contribution is 0.0213. The Balaban J connectivity index is 2.06. The molecule has 20 heavy (non-hydrogen) atoms. The van der Waals surface area contributed by atoms with Crippen LogP contribution in [0.25, 0.3) is 5.57 Å². The zero-order valence-electron chi connectivity index (χ0n) is 10.7. The summed E-state index contributed by atoms with van der Waals surface area (Å²) in [5, 5.41) is 19.3. The third-order valence-corrected chi connectivity index (χ3v) is 3.60. The first-order valence-electron chi connectivity index (χ1n) is 6.35. The van der Waals surface area contributed by atoms with Crippen molar-refractivity contribution in [1.82, 2.24) is 0 Å². The number of carbonyl (C=O) groups excluding carboxylic acids is 1. The van der Waals surface area contributed by atoms with Gasteiger partial charge in [-0.25, -0.2) is 0 Å². The topological polar surface area (TPSA) is 102 Å². The number of carbonyl (C=O) groups is 1. The maximum Gasteiger partial charge on any atom is 0.249 e. The van der Waals surface area contributed by atoms with Gasteiger partial charge in [0.05, 0.1) is 17.8 Å². The highest BCUT2D eigenvalue weighted by Gasteiger charge is 2.27. The molecule has 1 aromatic rings. The molecule has 1 heterocycles. The number of aliphatic hydroxyl groups excluding tert-OH is 2. The van der Waals surface area contributed by atoms with E-state index in [1.165, 1.54) is 0 Å². The molecule has 0 unspecified atom stereocenters. The van der Waals surface area contributed by atoms with Crippen LogP contribution in [0.2, 0.25) is 0 Å². The SMILES string of the molecule is NC(=O)c1cc2c(cc1C1=CC[C@@H](O)[C@@H](O)C1)OCO2. The lowest BCUT2D eigenvalue weighted by Gasteiger charge is -2.24. The molecular weight excluding hydrogens is 262 g/mol. The Hall–Kier alpha value is -2.05. The van der Waals surface area contributed by atoms with E-state index in [2.05, 4.69) is 0 Å². The molecule has 6 nitrogen and oxygen atoms in total. The average Bonchev–Trinajstić information content (AvgIpc) is 2.87. The number of amides is 1. The molecule has 1 aromatic carbocycles. The Morgan fingerprint density at radius 1 is 1.20 bits per heavy atom. The highest BCUT2D eigenvalue weighted by molar-refractivity contribution is 5.99. The van der Waals surface area contributed by atoms with Crippen molar-refractivity contribution in [2.24, 2.45) is 5.73 Å². The summed E-state index contributed by atoms with van der Waals surface area (Å²) in [6.07, 6.45) is 0.789. The lowest BCUT2D eigenvalue weighted by atomic mass is 9.87. The molecule has 3 rings (SSSR count). The molecule has 0 bridgehead atoms. The minimum Gasteiger partial charge on any atom is -0.454 e. The summed E-state index contributed by atoms with van der Waals surface area (Å²) >= 11 is 0. The molecule has 1 aliphatic heterocycles. The first-order chi connectivity index (χ1) is 9.56. The van der Waals surface area contributed by atoms with Gasteiger partial charge in [0.2, 0.25) is 12.7 Å². The second kappa shape index (κ2) is 4.81. The van der Waals surface area contributed by atoms with Crippen LogP contribution < -0.4 is 15.2 Å². The van der Waals surface area contributed by atoms with Crippen molar-refractivity contribution in [2.75, 3.05) is 6.79 Å². The summed E-state index contributed by atoms with van der Waals surface area (Å²) in [6, 6.07) is 3.25. The number of benzene rings is 1. The van der Waals surface area contributed by atoms with Gasteiger partial charge in [0.15, 0.2) is 11.5 Å². The lowest BCUT2D eigenvalue weighted by Crippen LogP contribution is -2.28. The van der Waals surface area contributed by atoms with E-state index in [1.54, 1.807) is 18.2 Å². The summed E-state index contributed by atoms with van der Waals surface area (Å²) in [6.45, 7) is 0.109. The van der Waals surface area contributed by atoms with E-state index in [9.17, 15) is 15.0 Å². The molecule has 4 N–H and O–H groups in total. The second-order valence-corrected chi connectivity index (χ2v) is 4.92. The van der Waals surface area contributed by atoms with Gasteiger partial charge < -0.3 is 25.4 Å². The molecular formula is C14H15NO5. The molecule has 0 spiro atoms. The van der Waals surface area contributed by atoms with Gasteiger partial charge in [0, 0.05) is 6.42 Å². The number of hydrogen-bond acceptors (Lipinski definition) is 5. The number of nitrogens with two attached hydrogens (primary N) is 1. The van der Waals surface area contributed by atoms with Crippen molar-refractivity contribution in [3.63, 3.8) is 0 Å². The van der Waals surface area contributed by atoms with Gasteiger partial charge in [-0.3, -0.25) is 4.79 Å². The van der Waals surface area contributed by atoms with E-state index in [0.717, 1.165) is 5.57 Å². The fourth-order valence-electron chi connectivity index (χ4n) is 2.50. The summed E-state index contributed by atoms with van der Waals surface area (Å²) in [4.78, 5) is 11.6. The van der Waals surface area contributed by atoms with Gasteiger partial charge >= 0.3 is 0 Å². The molecule has 1 amide bonds. The van der Waals surface area contributed by atoms with E-state index < -0.39 is 18.1 Å². The highest BCUT2D eigenvalue weighted by atomic mass is 16.7. The first-order valence-corrected chi connectivity index (χ1v) is 6.35. The maximum absolute atomic E-state index is 11.6. The maximum atomic E-state index is 11.6. The molecule has 2 aliphatic rings. The number of aliphatic hydroxyl groups is 2. The molecule has 1 aliphatic carbocycles. The van der Waals surface area contributed by atoms with Gasteiger partial charge in [0.1, 0.15) is 0 Å². The molecule has 2 atom stereocenters. The van der Waals surface area contributed by atoms with Crippen LogP contribution in [0.4, 0.5) is 0 Å². The quantitative estimate of drug-likeness (QED) is 0.727. The summed E-state index contributed by atoms with van der Waals surface area (Å²) in [5.41, 5.74) is 7.12. The van der Waals surface area contributed by atoms with Crippen LogP contribution in [0.3, 0.4) is 0 Å². The zero-order chi connectivity index (χ0) is 14.3. The zero-order valence-corrected chi connectivity index (χ0v) is 10.7. The standard InChI is InChI=1S/C14H15NO5/c15-14(18)9-5-13-12(19-6-20-13)4-8(9)7-1-2-10(16)11(17)3-7/h1,4-5,10-11,16-17H,2-3,6H2,(H2,15,18)/t10-,11+/m1/s1. The van der Waals surface area contributed by atoms with Crippen LogP contribution in [0.1, 0.15) is 28.8 Å². The van der Waals surface area contributed by atoms with Crippen molar-refractivity contribution < 1.29 is 24.5 Å². The predicted molar refractivity (Wildman–Crippen MR) is 70.3 cm³/mol. The van der Waals surface area contributed by atoms with Crippen molar-refractivity contribution in [2.45, 2.75) is 25.0 Å². The van der Waals surface area contributed by atoms with Crippen LogP contribution in [0.15, 0.2) is 18.2 Å². The van der Waals surface area contributed by atoms with Crippen molar-refractivity contribution in [3.05, 3.63) is 29.3 Å². The Bertz CT molecular complexity index is 595. The van der Waals surface area contributed by atoms with Crippen molar-refractivity contribution in [3.8, 4) is 11.5 Å². The van der Waals surface area contributed by atoms with Crippen LogP contribution >= 0.6 is 0 Å². The smallest absolute Gasteiger partial charge is 0.249 e. The number of ether oxygens (including phenoxy) is 2. The van der Waals surface area contributed by atoms with Gasteiger partial charge in [-0.2, -0.15) is 0 Å². The van der Waals surface area contributed by atoms with E-state index in [0.29, 0.717) is 29.0 Å². The highest BCUT2D eigenvalue weighted by Crippen LogP contribution is 2.39. The predicted octanol–water partition coefficient (Wildman–Crippen LogP) is 0.413. The van der Waals surface area contributed by atoms with Crippen LogP contribution in [0.5, 0.6) is 11.5 Å². The fourth-order valence-corrected chi connectivity index (χ4v) is 2.50. The Kier molecular flexibility index (Phi) is 3.11. The van der Waals surface area contributed by atoms with E-state index in [-0.39, 0.29) is 13.2 Å². The average molecular weight is 277 g/mol. The molecule has 0 saturated carbocycles. The van der Waals surface area contributed by atoms with E-state index in [4.69, 9.17) is 15.2 Å². The molecule has 0 saturated heterocycles. The van der Waals surface area contributed by atoms with Crippen LogP contribution in [-0.2, 0) is 0 Å². The molecule has 0 fully saturated rings. The summed E-state index contributed by atoms with van der Waals surface area (Å²) in [7, 11) is 0.